The SMILES string of the molecule is CCOc1ccc(OCC(=O)N(CC(=O)O)C2CC2)cc1. The summed E-state index contributed by atoms with van der Waals surface area (Å²) in [6.07, 6.45) is 1.73. The van der Waals surface area contributed by atoms with Gasteiger partial charge in [0.25, 0.3) is 5.91 Å². The molecule has 0 atom stereocenters. The number of hydrogen-bond donors (Lipinski definition) is 1. The summed E-state index contributed by atoms with van der Waals surface area (Å²) in [6.45, 7) is 2.07. The molecule has 0 bridgehead atoms. The fraction of sp³-hybridized carbons (Fsp3) is 0.467. The van der Waals surface area contributed by atoms with E-state index in [2.05, 4.69) is 0 Å². The molecular formula is C15H19NO5. The van der Waals surface area contributed by atoms with Crippen LogP contribution in [0.25, 0.3) is 0 Å². The van der Waals surface area contributed by atoms with Gasteiger partial charge in [0.1, 0.15) is 18.0 Å². The van der Waals surface area contributed by atoms with E-state index >= 15 is 0 Å². The number of ether oxygens (including phenoxy) is 2. The first-order valence-corrected chi connectivity index (χ1v) is 6.97. The van der Waals surface area contributed by atoms with Crippen LogP contribution in [0.2, 0.25) is 0 Å². The van der Waals surface area contributed by atoms with Crippen LogP contribution in [0.3, 0.4) is 0 Å². The van der Waals surface area contributed by atoms with Gasteiger partial charge in [0, 0.05) is 6.04 Å². The molecule has 0 aromatic heterocycles. The Kier molecular flexibility index (Phi) is 5.03. The maximum Gasteiger partial charge on any atom is 0.323 e. The van der Waals surface area contributed by atoms with Gasteiger partial charge in [-0.2, -0.15) is 0 Å². The largest absolute Gasteiger partial charge is 0.494 e. The summed E-state index contributed by atoms with van der Waals surface area (Å²) in [7, 11) is 0. The molecule has 21 heavy (non-hydrogen) atoms. The van der Waals surface area contributed by atoms with E-state index in [1.165, 1.54) is 4.90 Å². The van der Waals surface area contributed by atoms with Crippen LogP contribution >= 0.6 is 0 Å². The number of carboxylic acid groups (broad SMARTS) is 1. The van der Waals surface area contributed by atoms with Crippen molar-refractivity contribution in [2.24, 2.45) is 0 Å². The van der Waals surface area contributed by atoms with Crippen molar-refractivity contribution in [3.8, 4) is 11.5 Å². The zero-order valence-electron chi connectivity index (χ0n) is 11.9. The summed E-state index contributed by atoms with van der Waals surface area (Å²) >= 11 is 0. The lowest BCUT2D eigenvalue weighted by molar-refractivity contribution is -0.145. The van der Waals surface area contributed by atoms with Gasteiger partial charge in [-0.1, -0.05) is 0 Å². The normalized spacial score (nSPS) is 13.6. The maximum atomic E-state index is 12.0. The molecule has 1 aliphatic carbocycles. The zero-order chi connectivity index (χ0) is 15.2. The van der Waals surface area contributed by atoms with Crippen LogP contribution in [0.15, 0.2) is 24.3 Å². The number of nitrogens with zero attached hydrogens (tertiary/aromatic N) is 1. The van der Waals surface area contributed by atoms with Crippen molar-refractivity contribution in [1.82, 2.24) is 4.90 Å². The minimum Gasteiger partial charge on any atom is -0.494 e. The summed E-state index contributed by atoms with van der Waals surface area (Å²) in [6, 6.07) is 7.02. The molecule has 0 heterocycles. The summed E-state index contributed by atoms with van der Waals surface area (Å²) < 4.78 is 10.7. The fourth-order valence-corrected chi connectivity index (χ4v) is 1.98. The fourth-order valence-electron chi connectivity index (χ4n) is 1.98. The minimum absolute atomic E-state index is 0.0533. The number of benzene rings is 1. The molecule has 0 unspecified atom stereocenters. The Balaban J connectivity index is 1.85. The van der Waals surface area contributed by atoms with Gasteiger partial charge in [-0.05, 0) is 44.0 Å². The van der Waals surface area contributed by atoms with Crippen LogP contribution in [0.1, 0.15) is 19.8 Å². The molecule has 1 aliphatic rings. The van der Waals surface area contributed by atoms with E-state index in [4.69, 9.17) is 14.6 Å². The third-order valence-electron chi connectivity index (χ3n) is 3.11. The lowest BCUT2D eigenvalue weighted by Gasteiger charge is -2.20. The van der Waals surface area contributed by atoms with Gasteiger partial charge in [0.2, 0.25) is 0 Å². The van der Waals surface area contributed by atoms with Crippen molar-refractivity contribution in [1.29, 1.82) is 0 Å². The summed E-state index contributed by atoms with van der Waals surface area (Å²) in [5, 5.41) is 8.83. The van der Waals surface area contributed by atoms with Crippen molar-refractivity contribution in [3.05, 3.63) is 24.3 Å². The number of carbonyl (C=O) groups is 2. The van der Waals surface area contributed by atoms with E-state index in [0.717, 1.165) is 18.6 Å². The molecule has 0 radical (unpaired) electrons. The second kappa shape index (κ2) is 6.97. The van der Waals surface area contributed by atoms with Crippen molar-refractivity contribution >= 4 is 11.9 Å². The van der Waals surface area contributed by atoms with Crippen molar-refractivity contribution in [2.45, 2.75) is 25.8 Å². The van der Waals surface area contributed by atoms with E-state index in [1.54, 1.807) is 24.3 Å². The number of rotatable bonds is 8. The average Bonchev–Trinajstić information content (AvgIpc) is 3.28. The highest BCUT2D eigenvalue weighted by Crippen LogP contribution is 2.26. The average molecular weight is 293 g/mol. The molecule has 6 heteroatoms. The quantitative estimate of drug-likeness (QED) is 0.787. The first-order valence-electron chi connectivity index (χ1n) is 6.97. The molecule has 1 fully saturated rings. The van der Waals surface area contributed by atoms with Gasteiger partial charge in [-0.25, -0.2) is 0 Å². The van der Waals surface area contributed by atoms with Crippen LogP contribution in [-0.4, -0.2) is 47.7 Å². The zero-order valence-corrected chi connectivity index (χ0v) is 11.9. The molecule has 1 saturated carbocycles. The van der Waals surface area contributed by atoms with Crippen LogP contribution in [-0.2, 0) is 9.59 Å². The highest BCUT2D eigenvalue weighted by atomic mass is 16.5. The summed E-state index contributed by atoms with van der Waals surface area (Å²) in [4.78, 5) is 24.2. The molecule has 1 amide bonds. The van der Waals surface area contributed by atoms with Crippen molar-refractivity contribution in [2.75, 3.05) is 19.8 Å². The summed E-state index contributed by atoms with van der Waals surface area (Å²) in [5.74, 6) is -0.00959. The second-order valence-corrected chi connectivity index (χ2v) is 4.84. The molecule has 0 saturated heterocycles. The van der Waals surface area contributed by atoms with Gasteiger partial charge in [-0.3, -0.25) is 9.59 Å². The molecule has 1 aromatic carbocycles. The van der Waals surface area contributed by atoms with E-state index in [1.807, 2.05) is 6.92 Å². The monoisotopic (exact) mass is 293 g/mol. The Hall–Kier alpha value is -2.24. The first-order chi connectivity index (χ1) is 10.1. The van der Waals surface area contributed by atoms with E-state index < -0.39 is 5.97 Å². The van der Waals surface area contributed by atoms with Gasteiger partial charge in [0.15, 0.2) is 6.61 Å². The predicted octanol–water partition coefficient (Wildman–Crippen LogP) is 1.54. The molecular weight excluding hydrogens is 274 g/mol. The number of hydrogen-bond acceptors (Lipinski definition) is 4. The number of aliphatic carboxylic acids is 1. The topological polar surface area (TPSA) is 76.1 Å². The van der Waals surface area contributed by atoms with Gasteiger partial charge in [0.05, 0.1) is 6.61 Å². The molecule has 1 N–H and O–H groups in total. The maximum absolute atomic E-state index is 12.0. The summed E-state index contributed by atoms with van der Waals surface area (Å²) in [5.41, 5.74) is 0. The van der Waals surface area contributed by atoms with Crippen molar-refractivity contribution in [3.63, 3.8) is 0 Å². The lowest BCUT2D eigenvalue weighted by Crippen LogP contribution is -2.40. The standard InChI is InChI=1S/C15H19NO5/c1-2-20-12-5-7-13(8-6-12)21-10-14(17)16(9-15(18)19)11-3-4-11/h5-8,11H,2-4,9-10H2,1H3,(H,18,19). The van der Waals surface area contributed by atoms with Gasteiger partial charge in [-0.15, -0.1) is 0 Å². The highest BCUT2D eigenvalue weighted by Gasteiger charge is 2.33. The molecule has 6 nitrogen and oxygen atoms in total. The molecule has 0 spiro atoms. The Morgan fingerprint density at radius 3 is 2.24 bits per heavy atom. The van der Waals surface area contributed by atoms with E-state index in [-0.39, 0.29) is 25.1 Å². The number of carboxylic acids is 1. The van der Waals surface area contributed by atoms with Crippen LogP contribution in [0, 0.1) is 0 Å². The van der Waals surface area contributed by atoms with Gasteiger partial charge < -0.3 is 19.5 Å². The highest BCUT2D eigenvalue weighted by molar-refractivity contribution is 5.83. The van der Waals surface area contributed by atoms with Crippen LogP contribution in [0.5, 0.6) is 11.5 Å². The van der Waals surface area contributed by atoms with Crippen LogP contribution < -0.4 is 9.47 Å². The lowest BCUT2D eigenvalue weighted by atomic mass is 10.3. The third kappa shape index (κ3) is 4.66. The molecule has 2 rings (SSSR count). The molecule has 114 valence electrons. The Labute approximate surface area is 123 Å². The third-order valence-corrected chi connectivity index (χ3v) is 3.11. The Morgan fingerprint density at radius 1 is 1.19 bits per heavy atom. The Morgan fingerprint density at radius 2 is 1.76 bits per heavy atom. The predicted molar refractivity (Wildman–Crippen MR) is 75.5 cm³/mol. The number of carbonyl (C=O) groups excluding carboxylic acids is 1. The van der Waals surface area contributed by atoms with Gasteiger partial charge >= 0.3 is 5.97 Å². The van der Waals surface area contributed by atoms with E-state index in [9.17, 15) is 9.59 Å². The minimum atomic E-state index is -1.00. The first kappa shape index (κ1) is 15.2. The van der Waals surface area contributed by atoms with E-state index in [0.29, 0.717) is 12.4 Å². The number of amides is 1. The van der Waals surface area contributed by atoms with Crippen LogP contribution in [0.4, 0.5) is 0 Å². The molecule has 0 aliphatic heterocycles. The smallest absolute Gasteiger partial charge is 0.323 e. The van der Waals surface area contributed by atoms with Crippen molar-refractivity contribution < 1.29 is 24.2 Å². The second-order valence-electron chi connectivity index (χ2n) is 4.84. The Bertz CT molecular complexity index is 495. The molecule has 1 aromatic rings.